The third-order valence-electron chi connectivity index (χ3n) is 11.8. The quantitative estimate of drug-likeness (QED) is 0.282. The summed E-state index contributed by atoms with van der Waals surface area (Å²) in [5, 5.41) is 23.8. The number of fused-ring (bicyclic) bond motifs is 5. The normalized spacial score (nSPS) is 30.8. The summed E-state index contributed by atoms with van der Waals surface area (Å²) in [6.45, 7) is 0.418. The van der Waals surface area contributed by atoms with Gasteiger partial charge < -0.3 is 34.6 Å². The Morgan fingerprint density at radius 1 is 0.981 bits per heavy atom. The predicted molar refractivity (Wildman–Crippen MR) is 190 cm³/mol. The highest BCUT2D eigenvalue weighted by molar-refractivity contribution is 5.96. The van der Waals surface area contributed by atoms with Crippen LogP contribution in [0.2, 0.25) is 0 Å². The predicted octanol–water partition coefficient (Wildman–Crippen LogP) is 2.83. The standard InChI is InChI=1S/C41H43N3O9/c45-19-17-42-37(47)30-15-7-18-43(30)39(49)41-23-32-33-34(52-40(51-33)21-28-12-1-2-13-29(28)22-40)36(41)53-44(35(41)38(48)50-32)24-26-10-5-8-25(20-26)9-6-14-27-11-3-4-16-31(27)46/h1-6,8-13,16,20,30,32-36,45-46H,7,14-15,17-19,21-24H2,(H,42,47)/t30-,32-,33+,34+,35+,36-,41+/m1/s1. The maximum absolute atomic E-state index is 15.2. The molecule has 3 aromatic rings. The van der Waals surface area contributed by atoms with Crippen molar-refractivity contribution in [2.75, 3.05) is 19.7 Å². The van der Waals surface area contributed by atoms with Crippen molar-refractivity contribution in [3.63, 3.8) is 0 Å². The molecule has 3 aromatic carbocycles. The van der Waals surface area contributed by atoms with E-state index in [0.29, 0.717) is 38.6 Å². The number of carbonyl (C=O) groups is 3. The van der Waals surface area contributed by atoms with Crippen LogP contribution in [0.1, 0.15) is 47.1 Å². The fourth-order valence-electron chi connectivity index (χ4n) is 9.57. The number of rotatable bonds is 9. The van der Waals surface area contributed by atoms with Crippen LogP contribution in [0.4, 0.5) is 0 Å². The molecular weight excluding hydrogens is 678 g/mol. The highest BCUT2D eigenvalue weighted by Gasteiger charge is 2.77. The highest BCUT2D eigenvalue weighted by Crippen LogP contribution is 2.59. The van der Waals surface area contributed by atoms with Crippen LogP contribution in [0.5, 0.6) is 5.75 Å². The number of nitrogens with one attached hydrogen (secondary N) is 1. The third kappa shape index (κ3) is 5.75. The molecular formula is C41H43N3O9. The number of likely N-dealkylation sites (tertiary alicyclic amines) is 1. The van der Waals surface area contributed by atoms with Gasteiger partial charge >= 0.3 is 5.97 Å². The molecule has 6 aliphatic rings. The van der Waals surface area contributed by atoms with Gasteiger partial charge in [-0.15, -0.1) is 0 Å². The second kappa shape index (κ2) is 13.4. The Morgan fingerprint density at radius 2 is 1.75 bits per heavy atom. The Bertz CT molecular complexity index is 1940. The number of carbonyl (C=O) groups excluding carboxylic acids is 3. The number of hydrogen-bond acceptors (Lipinski definition) is 10. The van der Waals surface area contributed by atoms with Crippen molar-refractivity contribution >= 4 is 23.9 Å². The molecule has 276 valence electrons. The van der Waals surface area contributed by atoms with Crippen molar-refractivity contribution in [2.45, 2.75) is 87.4 Å². The van der Waals surface area contributed by atoms with E-state index in [9.17, 15) is 19.8 Å². The zero-order chi connectivity index (χ0) is 36.3. The number of phenolic OH excluding ortho intramolecular Hbond substituents is 1. The van der Waals surface area contributed by atoms with Gasteiger partial charge in [-0.3, -0.25) is 19.2 Å². The SMILES string of the molecule is O=C(NCCO)[C@H]1CCCN1C(=O)[C@@]12C[C@H]3OC(=O)[C@@H]1N(Cc1cccc(C=CCc4ccccc4O)c1)O[C@@H]2[C@H]1OC2(Cc4ccccc4C2)O[C@H]13. The molecule has 7 atom stereocenters. The molecule has 3 N–H and O–H groups in total. The van der Waals surface area contributed by atoms with E-state index in [4.69, 9.17) is 19.0 Å². The molecule has 9 rings (SSSR count). The lowest BCUT2D eigenvalue weighted by molar-refractivity contribution is -0.218. The number of aliphatic hydroxyl groups is 1. The van der Waals surface area contributed by atoms with Crippen LogP contribution in [-0.2, 0) is 59.2 Å². The lowest BCUT2D eigenvalue weighted by atomic mass is 9.62. The average molecular weight is 722 g/mol. The number of ether oxygens (including phenoxy) is 3. The topological polar surface area (TPSA) is 147 Å². The van der Waals surface area contributed by atoms with Gasteiger partial charge in [0.1, 0.15) is 41.6 Å². The van der Waals surface area contributed by atoms with Gasteiger partial charge in [0.15, 0.2) is 11.8 Å². The molecule has 0 radical (unpaired) electrons. The molecule has 2 aliphatic carbocycles. The zero-order valence-electron chi connectivity index (χ0n) is 29.3. The molecule has 2 amide bonds. The first-order chi connectivity index (χ1) is 25.8. The first-order valence-electron chi connectivity index (χ1n) is 18.6. The van der Waals surface area contributed by atoms with Crippen LogP contribution in [0.3, 0.4) is 0 Å². The Labute approximate surface area is 307 Å². The Morgan fingerprint density at radius 3 is 2.55 bits per heavy atom. The van der Waals surface area contributed by atoms with E-state index >= 15 is 4.79 Å². The summed E-state index contributed by atoms with van der Waals surface area (Å²) >= 11 is 0. The number of aromatic hydroxyl groups is 1. The summed E-state index contributed by atoms with van der Waals surface area (Å²) < 4.78 is 19.8. The van der Waals surface area contributed by atoms with E-state index in [1.54, 1.807) is 22.1 Å². The first-order valence-corrected chi connectivity index (χ1v) is 18.6. The van der Waals surface area contributed by atoms with Gasteiger partial charge in [-0.05, 0) is 53.1 Å². The van der Waals surface area contributed by atoms with Crippen LogP contribution in [0.25, 0.3) is 6.08 Å². The minimum absolute atomic E-state index is 0.0848. The summed E-state index contributed by atoms with van der Waals surface area (Å²) in [7, 11) is 0. The van der Waals surface area contributed by atoms with Crippen LogP contribution in [-0.4, -0.2) is 99.9 Å². The fourth-order valence-corrected chi connectivity index (χ4v) is 9.57. The number of para-hydroxylation sites is 1. The number of phenols is 1. The first kappa shape index (κ1) is 34.2. The Balaban J connectivity index is 1.04. The van der Waals surface area contributed by atoms with Crippen LogP contribution in [0, 0.1) is 5.41 Å². The van der Waals surface area contributed by atoms with E-state index in [1.807, 2.05) is 60.7 Å². The largest absolute Gasteiger partial charge is 0.508 e. The zero-order valence-corrected chi connectivity index (χ0v) is 29.3. The van der Waals surface area contributed by atoms with Gasteiger partial charge in [0.05, 0.1) is 13.2 Å². The van der Waals surface area contributed by atoms with Crippen LogP contribution >= 0.6 is 0 Å². The van der Waals surface area contributed by atoms with Crippen molar-refractivity contribution in [3.8, 4) is 5.75 Å². The Hall–Kier alpha value is -4.59. The molecule has 2 bridgehead atoms. The van der Waals surface area contributed by atoms with Crippen molar-refractivity contribution in [2.24, 2.45) is 5.41 Å². The molecule has 0 aromatic heterocycles. The number of aliphatic hydroxyl groups excluding tert-OH is 1. The van der Waals surface area contributed by atoms with Crippen molar-refractivity contribution in [1.29, 1.82) is 0 Å². The van der Waals surface area contributed by atoms with Gasteiger partial charge in [-0.2, -0.15) is 5.06 Å². The smallest absolute Gasteiger partial charge is 0.327 e. The number of hydrogen-bond donors (Lipinski definition) is 3. The summed E-state index contributed by atoms with van der Waals surface area (Å²) in [5.41, 5.74) is 3.48. The number of nitrogens with zero attached hydrogens (tertiary/aromatic N) is 2. The van der Waals surface area contributed by atoms with E-state index in [2.05, 4.69) is 17.4 Å². The summed E-state index contributed by atoms with van der Waals surface area (Å²) in [5.74, 6) is -1.94. The van der Waals surface area contributed by atoms with E-state index in [0.717, 1.165) is 27.8 Å². The third-order valence-corrected chi connectivity index (χ3v) is 11.8. The van der Waals surface area contributed by atoms with Gasteiger partial charge in [0, 0.05) is 32.4 Å². The molecule has 53 heavy (non-hydrogen) atoms. The minimum Gasteiger partial charge on any atom is -0.508 e. The van der Waals surface area contributed by atoms with Crippen LogP contribution in [0.15, 0.2) is 78.9 Å². The van der Waals surface area contributed by atoms with E-state index in [-0.39, 0.29) is 43.7 Å². The molecule has 12 heteroatoms. The maximum Gasteiger partial charge on any atom is 0.327 e. The number of hydroxylamine groups is 2. The van der Waals surface area contributed by atoms with Gasteiger partial charge in [0.25, 0.3) is 0 Å². The minimum atomic E-state index is -1.39. The number of benzene rings is 3. The molecule has 4 aliphatic heterocycles. The second-order valence-electron chi connectivity index (χ2n) is 15.1. The fraction of sp³-hybridized carbons (Fsp3) is 0.439. The number of allylic oxidation sites excluding steroid dienone is 1. The van der Waals surface area contributed by atoms with Crippen LogP contribution < -0.4 is 5.32 Å². The monoisotopic (exact) mass is 721 g/mol. The highest BCUT2D eigenvalue weighted by atomic mass is 16.8. The lowest BCUT2D eigenvalue weighted by Crippen LogP contribution is -2.70. The van der Waals surface area contributed by atoms with E-state index in [1.165, 1.54) is 0 Å². The van der Waals surface area contributed by atoms with E-state index < -0.39 is 53.7 Å². The molecule has 4 heterocycles. The second-order valence-corrected chi connectivity index (χ2v) is 15.1. The van der Waals surface area contributed by atoms with Gasteiger partial charge in [-0.25, -0.2) is 0 Å². The summed E-state index contributed by atoms with van der Waals surface area (Å²) in [6.07, 6.45) is 3.90. The lowest BCUT2D eigenvalue weighted by Gasteiger charge is -2.50. The molecule has 1 spiro atoms. The summed E-state index contributed by atoms with van der Waals surface area (Å²) in [6, 6.07) is 21.4. The van der Waals surface area contributed by atoms with Crippen molar-refractivity contribution < 1.29 is 43.6 Å². The van der Waals surface area contributed by atoms with Crippen molar-refractivity contribution in [3.05, 3.63) is 107 Å². The Kier molecular flexibility index (Phi) is 8.62. The molecule has 4 saturated heterocycles. The number of esters is 1. The average Bonchev–Trinajstić information content (AvgIpc) is 3.95. The summed E-state index contributed by atoms with van der Waals surface area (Å²) in [4.78, 5) is 51.1. The molecule has 5 fully saturated rings. The number of amides is 2. The van der Waals surface area contributed by atoms with Gasteiger partial charge in [0.2, 0.25) is 11.8 Å². The maximum atomic E-state index is 15.2. The van der Waals surface area contributed by atoms with Gasteiger partial charge in [-0.1, -0.05) is 78.9 Å². The molecule has 12 nitrogen and oxygen atoms in total. The molecule has 1 saturated carbocycles. The molecule has 0 unspecified atom stereocenters. The van der Waals surface area contributed by atoms with Crippen molar-refractivity contribution in [1.82, 2.24) is 15.3 Å².